The van der Waals surface area contributed by atoms with E-state index in [0.29, 0.717) is 5.56 Å². The molecule has 1 heterocycles. The van der Waals surface area contributed by atoms with Crippen molar-refractivity contribution in [2.75, 3.05) is 0 Å². The molecule has 0 unspecified atom stereocenters. The van der Waals surface area contributed by atoms with Gasteiger partial charge in [-0.25, -0.2) is 0 Å². The number of halogens is 1. The number of thiophene rings is 1. The first-order valence-electron chi connectivity index (χ1n) is 4.81. The molecule has 1 aromatic carbocycles. The number of nitro groups is 1. The largest absolute Gasteiger partial charge is 0.320 e. The van der Waals surface area contributed by atoms with Gasteiger partial charge in [-0.1, -0.05) is 6.07 Å². The fourth-order valence-electron chi connectivity index (χ4n) is 1.51. The van der Waals surface area contributed by atoms with E-state index in [1.807, 2.05) is 16.8 Å². The van der Waals surface area contributed by atoms with Crippen molar-refractivity contribution >= 4 is 17.0 Å². The summed E-state index contributed by atoms with van der Waals surface area (Å²) in [4.78, 5) is 9.86. The van der Waals surface area contributed by atoms with Crippen LogP contribution in [0.15, 0.2) is 35.0 Å². The van der Waals surface area contributed by atoms with Crippen LogP contribution in [0.5, 0.6) is 0 Å². The summed E-state index contributed by atoms with van der Waals surface area (Å²) in [7, 11) is 0. The highest BCUT2D eigenvalue weighted by Gasteiger charge is 2.18. The van der Waals surface area contributed by atoms with Crippen LogP contribution >= 0.6 is 11.3 Å². The van der Waals surface area contributed by atoms with Gasteiger partial charge in [0, 0.05) is 6.07 Å². The average Bonchev–Trinajstić information content (AvgIpc) is 2.81. The quantitative estimate of drug-likeness (QED) is 0.674. The summed E-state index contributed by atoms with van der Waals surface area (Å²) in [5.74, 6) is -0.851. The molecule has 6 heteroatoms. The summed E-state index contributed by atoms with van der Waals surface area (Å²) in [5, 5.41) is 14.3. The summed E-state index contributed by atoms with van der Waals surface area (Å²) in [5.41, 5.74) is 6.78. The van der Waals surface area contributed by atoms with Gasteiger partial charge < -0.3 is 5.73 Å². The van der Waals surface area contributed by atoms with Gasteiger partial charge in [-0.15, -0.1) is 0 Å². The Bertz CT molecular complexity index is 542. The highest BCUT2D eigenvalue weighted by atomic mass is 32.1. The van der Waals surface area contributed by atoms with E-state index < -0.39 is 22.5 Å². The normalized spacial score (nSPS) is 12.4. The van der Waals surface area contributed by atoms with Crippen molar-refractivity contribution in [3.05, 3.63) is 62.1 Å². The van der Waals surface area contributed by atoms with Gasteiger partial charge in [-0.05, 0) is 34.0 Å². The van der Waals surface area contributed by atoms with Gasteiger partial charge in [0.2, 0.25) is 5.82 Å². The predicted octanol–water partition coefficient (Wildman–Crippen LogP) is 2.84. The first-order chi connectivity index (χ1) is 8.09. The lowest BCUT2D eigenvalue weighted by Crippen LogP contribution is -2.11. The van der Waals surface area contributed by atoms with E-state index in [0.717, 1.165) is 11.6 Å². The molecule has 17 heavy (non-hydrogen) atoms. The van der Waals surface area contributed by atoms with Crippen LogP contribution in [0, 0.1) is 15.9 Å². The summed E-state index contributed by atoms with van der Waals surface area (Å²) in [6.07, 6.45) is 0. The minimum absolute atomic E-state index is 0.472. The molecule has 2 aromatic rings. The zero-order valence-electron chi connectivity index (χ0n) is 8.67. The smallest absolute Gasteiger partial charge is 0.305 e. The second kappa shape index (κ2) is 4.60. The number of hydrogen-bond acceptors (Lipinski definition) is 4. The van der Waals surface area contributed by atoms with E-state index >= 15 is 0 Å². The molecule has 4 nitrogen and oxygen atoms in total. The number of rotatable bonds is 3. The molecular formula is C11H9FN2O2S. The minimum atomic E-state index is -0.851. The van der Waals surface area contributed by atoms with Crippen LogP contribution in [0.3, 0.4) is 0 Å². The molecule has 0 amide bonds. The van der Waals surface area contributed by atoms with Crippen LogP contribution in [-0.2, 0) is 0 Å². The first-order valence-corrected chi connectivity index (χ1v) is 5.75. The number of hydrogen-bond donors (Lipinski definition) is 1. The Balaban J connectivity index is 2.40. The Morgan fingerprint density at radius 1 is 1.35 bits per heavy atom. The van der Waals surface area contributed by atoms with Gasteiger partial charge in [0.15, 0.2) is 0 Å². The van der Waals surface area contributed by atoms with Crippen LogP contribution < -0.4 is 5.73 Å². The lowest BCUT2D eigenvalue weighted by atomic mass is 10.0. The SMILES string of the molecule is N[C@H](c1ccsc1)c1ccc(F)c([N+](=O)[O-])c1. The van der Waals surface area contributed by atoms with Crippen molar-refractivity contribution in [2.24, 2.45) is 5.73 Å². The lowest BCUT2D eigenvalue weighted by molar-refractivity contribution is -0.387. The second-order valence-electron chi connectivity index (χ2n) is 3.50. The van der Waals surface area contributed by atoms with E-state index in [9.17, 15) is 14.5 Å². The molecule has 2 N–H and O–H groups in total. The van der Waals surface area contributed by atoms with Crippen molar-refractivity contribution < 1.29 is 9.31 Å². The maximum Gasteiger partial charge on any atom is 0.305 e. The molecule has 1 atom stereocenters. The Hall–Kier alpha value is -1.79. The Labute approximate surface area is 101 Å². The summed E-state index contributed by atoms with van der Waals surface area (Å²) in [6, 6.07) is 5.08. The molecule has 0 aliphatic carbocycles. The summed E-state index contributed by atoms with van der Waals surface area (Å²) in [6.45, 7) is 0. The van der Waals surface area contributed by atoms with Gasteiger partial charge in [-0.2, -0.15) is 15.7 Å². The van der Waals surface area contributed by atoms with Crippen LogP contribution in [0.1, 0.15) is 17.2 Å². The number of nitrogens with zero attached hydrogens (tertiary/aromatic N) is 1. The van der Waals surface area contributed by atoms with E-state index in [4.69, 9.17) is 5.73 Å². The summed E-state index contributed by atoms with van der Waals surface area (Å²) < 4.78 is 13.1. The number of nitrogens with two attached hydrogens (primary N) is 1. The third kappa shape index (κ3) is 2.32. The number of benzene rings is 1. The third-order valence-electron chi connectivity index (χ3n) is 2.43. The average molecular weight is 252 g/mol. The van der Waals surface area contributed by atoms with Crippen LogP contribution in [-0.4, -0.2) is 4.92 Å². The van der Waals surface area contributed by atoms with Crippen molar-refractivity contribution in [3.63, 3.8) is 0 Å². The minimum Gasteiger partial charge on any atom is -0.320 e. The summed E-state index contributed by atoms with van der Waals surface area (Å²) >= 11 is 1.49. The monoisotopic (exact) mass is 252 g/mol. The Kier molecular flexibility index (Phi) is 3.16. The molecule has 0 bridgehead atoms. The lowest BCUT2D eigenvalue weighted by Gasteiger charge is -2.10. The fourth-order valence-corrected chi connectivity index (χ4v) is 2.20. The molecule has 1 aromatic heterocycles. The van der Waals surface area contributed by atoms with E-state index in [1.54, 1.807) is 0 Å². The second-order valence-corrected chi connectivity index (χ2v) is 4.28. The maximum absolute atomic E-state index is 13.1. The van der Waals surface area contributed by atoms with Gasteiger partial charge in [0.05, 0.1) is 11.0 Å². The Morgan fingerprint density at radius 2 is 2.12 bits per heavy atom. The molecule has 2 rings (SSSR count). The van der Waals surface area contributed by atoms with Crippen molar-refractivity contribution in [2.45, 2.75) is 6.04 Å². The van der Waals surface area contributed by atoms with Gasteiger partial charge in [0.25, 0.3) is 0 Å². The van der Waals surface area contributed by atoms with Crippen molar-refractivity contribution in [3.8, 4) is 0 Å². The molecule has 0 radical (unpaired) electrons. The third-order valence-corrected chi connectivity index (χ3v) is 3.13. The molecular weight excluding hydrogens is 243 g/mol. The Morgan fingerprint density at radius 3 is 2.71 bits per heavy atom. The van der Waals surface area contributed by atoms with Crippen molar-refractivity contribution in [1.82, 2.24) is 0 Å². The van der Waals surface area contributed by atoms with E-state index in [1.165, 1.54) is 23.5 Å². The van der Waals surface area contributed by atoms with Crippen LogP contribution in [0.4, 0.5) is 10.1 Å². The molecule has 0 aliphatic rings. The van der Waals surface area contributed by atoms with E-state index in [-0.39, 0.29) is 0 Å². The van der Waals surface area contributed by atoms with Crippen LogP contribution in [0.2, 0.25) is 0 Å². The van der Waals surface area contributed by atoms with Gasteiger partial charge >= 0.3 is 5.69 Å². The first kappa shape index (κ1) is 11.7. The zero-order chi connectivity index (χ0) is 12.4. The van der Waals surface area contributed by atoms with Gasteiger partial charge in [0.1, 0.15) is 0 Å². The van der Waals surface area contributed by atoms with Crippen LogP contribution in [0.25, 0.3) is 0 Å². The zero-order valence-corrected chi connectivity index (χ0v) is 9.49. The molecule has 0 saturated carbocycles. The topological polar surface area (TPSA) is 69.2 Å². The van der Waals surface area contributed by atoms with Crippen molar-refractivity contribution in [1.29, 1.82) is 0 Å². The fraction of sp³-hybridized carbons (Fsp3) is 0.0909. The standard InChI is InChI=1S/C11H9FN2O2S/c12-9-2-1-7(5-10(9)14(15)16)11(13)8-3-4-17-6-8/h1-6,11H,13H2/t11-/m0/s1. The highest BCUT2D eigenvalue weighted by molar-refractivity contribution is 7.08. The maximum atomic E-state index is 13.1. The van der Waals surface area contributed by atoms with Gasteiger partial charge in [-0.3, -0.25) is 10.1 Å². The molecule has 88 valence electrons. The predicted molar refractivity (Wildman–Crippen MR) is 63.4 cm³/mol. The molecule has 0 fully saturated rings. The molecule has 0 spiro atoms. The number of nitro benzene ring substituents is 1. The molecule has 0 aliphatic heterocycles. The van der Waals surface area contributed by atoms with E-state index in [2.05, 4.69) is 0 Å². The highest BCUT2D eigenvalue weighted by Crippen LogP contribution is 2.26. The molecule has 0 saturated heterocycles.